The summed E-state index contributed by atoms with van der Waals surface area (Å²) in [5, 5.41) is 10.8. The first kappa shape index (κ1) is 19.0. The van der Waals surface area contributed by atoms with Gasteiger partial charge in [0.15, 0.2) is 0 Å². The number of ether oxygens (including phenoxy) is 2. The summed E-state index contributed by atoms with van der Waals surface area (Å²) in [6.07, 6.45) is 1.68. The van der Waals surface area contributed by atoms with Crippen molar-refractivity contribution in [3.63, 3.8) is 0 Å². The number of benzene rings is 1. The van der Waals surface area contributed by atoms with Crippen molar-refractivity contribution in [2.24, 2.45) is 0 Å². The van der Waals surface area contributed by atoms with Gasteiger partial charge in [-0.25, -0.2) is 4.98 Å². The van der Waals surface area contributed by atoms with E-state index in [0.717, 1.165) is 26.0 Å². The molecule has 0 unspecified atom stereocenters. The summed E-state index contributed by atoms with van der Waals surface area (Å²) < 4.78 is 11.1. The standard InChI is InChI=1S/C19H27N3O4/c1-2-22(10-14(23)12-25-13-15-6-5-9-26-15)11-18-20-17-8-4-3-7-16(17)19(24)21-18/h3-4,7-8,14-15,23H,2,5-6,9-13H2,1H3,(H,20,21,24)/t14-,15-/m0/s1. The molecular formula is C19H27N3O4. The van der Waals surface area contributed by atoms with Crippen molar-refractivity contribution >= 4 is 10.9 Å². The lowest BCUT2D eigenvalue weighted by atomic mass is 10.2. The number of hydrogen-bond acceptors (Lipinski definition) is 6. The highest BCUT2D eigenvalue weighted by atomic mass is 16.5. The summed E-state index contributed by atoms with van der Waals surface area (Å²) in [4.78, 5) is 21.5. The predicted molar refractivity (Wildman–Crippen MR) is 99.1 cm³/mol. The fourth-order valence-corrected chi connectivity index (χ4v) is 3.19. The van der Waals surface area contributed by atoms with Crippen LogP contribution in [-0.4, -0.2) is 65.1 Å². The molecule has 2 N–H and O–H groups in total. The van der Waals surface area contributed by atoms with Gasteiger partial charge in [0, 0.05) is 13.2 Å². The molecular weight excluding hydrogens is 334 g/mol. The van der Waals surface area contributed by atoms with E-state index in [9.17, 15) is 9.90 Å². The van der Waals surface area contributed by atoms with E-state index in [4.69, 9.17) is 9.47 Å². The van der Waals surface area contributed by atoms with Crippen LogP contribution in [0.4, 0.5) is 0 Å². The predicted octanol–water partition coefficient (Wildman–Crippen LogP) is 1.30. The Morgan fingerprint density at radius 2 is 2.31 bits per heavy atom. The third-order valence-corrected chi connectivity index (χ3v) is 4.59. The zero-order valence-corrected chi connectivity index (χ0v) is 15.2. The second-order valence-electron chi connectivity index (χ2n) is 6.68. The molecule has 2 aromatic rings. The minimum Gasteiger partial charge on any atom is -0.389 e. The van der Waals surface area contributed by atoms with E-state index in [1.165, 1.54) is 0 Å². The van der Waals surface area contributed by atoms with Gasteiger partial charge in [0.1, 0.15) is 5.82 Å². The number of aliphatic hydroxyl groups is 1. The van der Waals surface area contributed by atoms with Crippen LogP contribution < -0.4 is 5.56 Å². The van der Waals surface area contributed by atoms with E-state index in [0.29, 0.717) is 36.4 Å². The molecule has 1 saturated heterocycles. The fraction of sp³-hybridized carbons (Fsp3) is 0.579. The Hall–Kier alpha value is -1.80. The van der Waals surface area contributed by atoms with Gasteiger partial charge in [-0.2, -0.15) is 0 Å². The highest BCUT2D eigenvalue weighted by molar-refractivity contribution is 5.77. The zero-order chi connectivity index (χ0) is 18.4. The van der Waals surface area contributed by atoms with Crippen molar-refractivity contribution in [3.8, 4) is 0 Å². The molecule has 1 aliphatic rings. The average molecular weight is 361 g/mol. The number of aliphatic hydroxyl groups excluding tert-OH is 1. The Morgan fingerprint density at radius 3 is 3.08 bits per heavy atom. The van der Waals surface area contributed by atoms with Crippen LogP contribution in [0.25, 0.3) is 10.9 Å². The fourth-order valence-electron chi connectivity index (χ4n) is 3.19. The molecule has 1 aromatic heterocycles. The first-order valence-electron chi connectivity index (χ1n) is 9.23. The average Bonchev–Trinajstić information content (AvgIpc) is 3.14. The minimum atomic E-state index is -0.594. The van der Waals surface area contributed by atoms with Gasteiger partial charge < -0.3 is 19.6 Å². The SMILES string of the molecule is CCN(Cc1nc2ccccc2c(=O)[nH]1)C[C@H](O)COC[C@@H]1CCCO1. The summed E-state index contributed by atoms with van der Waals surface area (Å²) in [6, 6.07) is 7.28. The van der Waals surface area contributed by atoms with Crippen LogP contribution in [0.3, 0.4) is 0 Å². The Balaban J connectivity index is 1.52. The molecule has 2 heterocycles. The summed E-state index contributed by atoms with van der Waals surface area (Å²) in [5.74, 6) is 0.600. The topological polar surface area (TPSA) is 87.7 Å². The van der Waals surface area contributed by atoms with E-state index >= 15 is 0 Å². The summed E-state index contributed by atoms with van der Waals surface area (Å²) in [7, 11) is 0. The van der Waals surface area contributed by atoms with Crippen molar-refractivity contribution in [1.82, 2.24) is 14.9 Å². The molecule has 2 atom stereocenters. The van der Waals surface area contributed by atoms with Crippen molar-refractivity contribution < 1.29 is 14.6 Å². The van der Waals surface area contributed by atoms with E-state index in [1.54, 1.807) is 6.07 Å². The van der Waals surface area contributed by atoms with Crippen LogP contribution in [0, 0.1) is 0 Å². The third kappa shape index (κ3) is 5.11. The van der Waals surface area contributed by atoms with Crippen molar-refractivity contribution in [2.45, 2.75) is 38.5 Å². The van der Waals surface area contributed by atoms with Crippen molar-refractivity contribution in [1.29, 1.82) is 0 Å². The smallest absolute Gasteiger partial charge is 0.258 e. The molecule has 1 aromatic carbocycles. The second-order valence-corrected chi connectivity index (χ2v) is 6.68. The second kappa shape index (κ2) is 9.23. The maximum Gasteiger partial charge on any atom is 0.258 e. The third-order valence-electron chi connectivity index (χ3n) is 4.59. The highest BCUT2D eigenvalue weighted by Gasteiger charge is 2.17. The number of hydrogen-bond donors (Lipinski definition) is 2. The Morgan fingerprint density at radius 1 is 1.46 bits per heavy atom. The molecule has 1 fully saturated rings. The molecule has 0 radical (unpaired) electrons. The van der Waals surface area contributed by atoms with Crippen LogP contribution in [0.1, 0.15) is 25.6 Å². The molecule has 7 heteroatoms. The summed E-state index contributed by atoms with van der Waals surface area (Å²) >= 11 is 0. The van der Waals surface area contributed by atoms with Gasteiger partial charge in [0.2, 0.25) is 0 Å². The number of aromatic amines is 1. The maximum atomic E-state index is 12.2. The van der Waals surface area contributed by atoms with Crippen LogP contribution >= 0.6 is 0 Å². The number of para-hydroxylation sites is 1. The van der Waals surface area contributed by atoms with E-state index < -0.39 is 6.10 Å². The molecule has 7 nitrogen and oxygen atoms in total. The van der Waals surface area contributed by atoms with Crippen LogP contribution in [0.5, 0.6) is 0 Å². The minimum absolute atomic E-state index is 0.137. The molecule has 3 rings (SSSR count). The lowest BCUT2D eigenvalue weighted by Gasteiger charge is -2.23. The quantitative estimate of drug-likeness (QED) is 0.700. The number of fused-ring (bicyclic) bond motifs is 1. The number of nitrogens with zero attached hydrogens (tertiary/aromatic N) is 2. The van der Waals surface area contributed by atoms with Crippen LogP contribution in [0.2, 0.25) is 0 Å². The van der Waals surface area contributed by atoms with Gasteiger partial charge in [-0.3, -0.25) is 9.69 Å². The van der Waals surface area contributed by atoms with Crippen molar-refractivity contribution in [2.75, 3.05) is 32.9 Å². The Kier molecular flexibility index (Phi) is 6.73. The van der Waals surface area contributed by atoms with Gasteiger partial charge in [0.05, 0.1) is 42.9 Å². The number of likely N-dealkylation sites (N-methyl/N-ethyl adjacent to an activating group) is 1. The van der Waals surface area contributed by atoms with E-state index in [1.807, 2.05) is 30.0 Å². The molecule has 0 saturated carbocycles. The Labute approximate surface area is 153 Å². The largest absolute Gasteiger partial charge is 0.389 e. The van der Waals surface area contributed by atoms with Gasteiger partial charge in [-0.05, 0) is 31.5 Å². The number of H-pyrrole nitrogens is 1. The Bertz CT molecular complexity index is 758. The maximum absolute atomic E-state index is 12.2. The zero-order valence-electron chi connectivity index (χ0n) is 15.2. The number of nitrogens with one attached hydrogen (secondary N) is 1. The van der Waals surface area contributed by atoms with Gasteiger partial charge in [0.25, 0.3) is 5.56 Å². The molecule has 0 aliphatic carbocycles. The normalized spacial score (nSPS) is 18.7. The first-order chi connectivity index (χ1) is 12.7. The first-order valence-corrected chi connectivity index (χ1v) is 9.23. The van der Waals surface area contributed by atoms with E-state index in [2.05, 4.69) is 9.97 Å². The monoisotopic (exact) mass is 361 g/mol. The van der Waals surface area contributed by atoms with Crippen molar-refractivity contribution in [3.05, 3.63) is 40.4 Å². The molecule has 0 bridgehead atoms. The lowest BCUT2D eigenvalue weighted by Crippen LogP contribution is -2.36. The summed E-state index contributed by atoms with van der Waals surface area (Å²) in [5.41, 5.74) is 0.546. The molecule has 0 spiro atoms. The van der Waals surface area contributed by atoms with E-state index in [-0.39, 0.29) is 18.3 Å². The van der Waals surface area contributed by atoms with Gasteiger partial charge >= 0.3 is 0 Å². The van der Waals surface area contributed by atoms with Crippen LogP contribution in [0.15, 0.2) is 29.1 Å². The lowest BCUT2D eigenvalue weighted by molar-refractivity contribution is -0.0255. The van der Waals surface area contributed by atoms with Gasteiger partial charge in [-0.1, -0.05) is 19.1 Å². The summed E-state index contributed by atoms with van der Waals surface area (Å²) in [6.45, 7) is 5.29. The van der Waals surface area contributed by atoms with Crippen LogP contribution in [-0.2, 0) is 16.0 Å². The molecule has 1 aliphatic heterocycles. The molecule has 26 heavy (non-hydrogen) atoms. The molecule has 0 amide bonds. The number of rotatable bonds is 9. The number of aromatic nitrogens is 2. The van der Waals surface area contributed by atoms with Gasteiger partial charge in [-0.15, -0.1) is 0 Å². The molecule has 142 valence electrons. The highest BCUT2D eigenvalue weighted by Crippen LogP contribution is 2.12.